The molecule has 3 aliphatic carbocycles. The van der Waals surface area contributed by atoms with Crippen LogP contribution in [0.5, 0.6) is 11.5 Å². The van der Waals surface area contributed by atoms with Crippen LogP contribution in [0.1, 0.15) is 60.8 Å². The van der Waals surface area contributed by atoms with Gasteiger partial charge in [0.2, 0.25) is 0 Å². The summed E-state index contributed by atoms with van der Waals surface area (Å²) in [7, 11) is 0. The van der Waals surface area contributed by atoms with Crippen molar-refractivity contribution >= 4 is 0 Å². The molecule has 0 radical (unpaired) electrons. The van der Waals surface area contributed by atoms with Crippen LogP contribution < -0.4 is 9.47 Å². The van der Waals surface area contributed by atoms with Crippen LogP contribution in [-0.2, 0) is 23.2 Å². The lowest BCUT2D eigenvalue weighted by Crippen LogP contribution is -2.76. The molecule has 2 aromatic rings. The van der Waals surface area contributed by atoms with Crippen molar-refractivity contribution < 1.29 is 14.2 Å². The fraction of sp³-hybridized carbons (Fsp3) is 0.533. The van der Waals surface area contributed by atoms with Gasteiger partial charge in [0, 0.05) is 17.6 Å². The van der Waals surface area contributed by atoms with Crippen molar-refractivity contribution in [2.45, 2.75) is 87.7 Å². The van der Waals surface area contributed by atoms with Crippen molar-refractivity contribution in [3.63, 3.8) is 0 Å². The lowest BCUT2D eigenvalue weighted by molar-refractivity contribution is -0.211. The van der Waals surface area contributed by atoms with Crippen LogP contribution in [0.2, 0.25) is 0 Å². The Morgan fingerprint density at radius 3 is 2.82 bits per heavy atom. The minimum Gasteiger partial charge on any atom is -0.485 e. The van der Waals surface area contributed by atoms with Gasteiger partial charge in [-0.2, -0.15) is 0 Å². The van der Waals surface area contributed by atoms with Crippen LogP contribution in [0.3, 0.4) is 0 Å². The zero-order valence-electron chi connectivity index (χ0n) is 20.2. The van der Waals surface area contributed by atoms with Gasteiger partial charge < -0.3 is 14.2 Å². The fourth-order valence-corrected chi connectivity index (χ4v) is 7.98. The van der Waals surface area contributed by atoms with E-state index in [9.17, 15) is 0 Å². The molecule has 1 spiro atoms. The zero-order valence-corrected chi connectivity index (χ0v) is 20.2. The zero-order chi connectivity index (χ0) is 22.9. The number of rotatable bonds is 7. The van der Waals surface area contributed by atoms with E-state index in [-0.39, 0.29) is 17.1 Å². The maximum Gasteiger partial charge on any atom is 0.165 e. The highest BCUT2D eigenvalue weighted by Crippen LogP contribution is 2.67. The van der Waals surface area contributed by atoms with E-state index in [1.165, 1.54) is 35.1 Å². The first-order chi connectivity index (χ1) is 16.7. The van der Waals surface area contributed by atoms with Crippen LogP contribution in [0, 0.1) is 6.92 Å². The molecule has 2 aliphatic heterocycles. The highest BCUT2D eigenvalue weighted by atomic mass is 16.5. The van der Waals surface area contributed by atoms with Crippen molar-refractivity contribution in [3.05, 3.63) is 71.3 Å². The summed E-state index contributed by atoms with van der Waals surface area (Å²) in [6, 6.07) is 13.8. The highest BCUT2D eigenvalue weighted by Gasteiger charge is 2.73. The van der Waals surface area contributed by atoms with Crippen LogP contribution in [0.15, 0.2) is 49.1 Å². The maximum atomic E-state index is 6.98. The van der Waals surface area contributed by atoms with Gasteiger partial charge in [-0.25, -0.2) is 0 Å². The molecular weight excluding hydrogens is 422 g/mol. The molecule has 178 valence electrons. The molecule has 1 saturated heterocycles. The normalized spacial score (nSPS) is 33.2. The third-order valence-corrected chi connectivity index (χ3v) is 9.41. The van der Waals surface area contributed by atoms with Crippen molar-refractivity contribution in [1.29, 1.82) is 0 Å². The molecule has 0 unspecified atom stereocenters. The number of hydrogen-bond acceptors (Lipinski definition) is 4. The van der Waals surface area contributed by atoms with E-state index in [0.717, 1.165) is 56.2 Å². The number of nitrogens with zero attached hydrogens (tertiary/aromatic N) is 1. The van der Waals surface area contributed by atoms with Crippen LogP contribution >= 0.6 is 0 Å². The first-order valence-corrected chi connectivity index (χ1v) is 13.2. The van der Waals surface area contributed by atoms with E-state index in [2.05, 4.69) is 48.7 Å². The summed E-state index contributed by atoms with van der Waals surface area (Å²) in [5.41, 5.74) is 5.17. The van der Waals surface area contributed by atoms with Gasteiger partial charge in [-0.15, -0.1) is 6.58 Å². The van der Waals surface area contributed by atoms with Crippen molar-refractivity contribution in [2.24, 2.45) is 0 Å². The predicted molar refractivity (Wildman–Crippen MR) is 133 cm³/mol. The van der Waals surface area contributed by atoms with Crippen LogP contribution in [-0.4, -0.2) is 41.8 Å². The minimum absolute atomic E-state index is 0.0793. The topological polar surface area (TPSA) is 30.9 Å². The maximum absolute atomic E-state index is 6.98. The van der Waals surface area contributed by atoms with E-state index < -0.39 is 0 Å². The molecule has 4 nitrogen and oxygen atoms in total. The van der Waals surface area contributed by atoms with Gasteiger partial charge in [0.15, 0.2) is 11.5 Å². The van der Waals surface area contributed by atoms with E-state index in [0.29, 0.717) is 19.3 Å². The van der Waals surface area contributed by atoms with Gasteiger partial charge in [-0.1, -0.05) is 36.4 Å². The first kappa shape index (κ1) is 21.0. The standard InChI is InChI=1S/C30H35NO3/c1-3-16-33-30-13-7-10-26-29(30)14-15-31(22-11-12-22)25(30)18-23-20(2)17-24(28(34-26)27(23)29)32-19-21-8-5-4-6-9-21/h3-6,8-9,17,22,25-26H,1,7,10-16,18-19H2,2H3/t25-,26+,29-,30-/m1/s1. The summed E-state index contributed by atoms with van der Waals surface area (Å²) < 4.78 is 20.4. The molecule has 34 heavy (non-hydrogen) atoms. The average molecular weight is 458 g/mol. The average Bonchev–Trinajstić information content (AvgIpc) is 3.64. The second-order valence-electron chi connectivity index (χ2n) is 11.0. The van der Waals surface area contributed by atoms with Crippen molar-refractivity contribution in [3.8, 4) is 11.5 Å². The molecular formula is C30H35NO3. The van der Waals surface area contributed by atoms with E-state index >= 15 is 0 Å². The van der Waals surface area contributed by atoms with E-state index in [4.69, 9.17) is 14.2 Å². The molecule has 4 heteroatoms. The second kappa shape index (κ2) is 7.60. The summed E-state index contributed by atoms with van der Waals surface area (Å²) >= 11 is 0. The Balaban J connectivity index is 1.37. The SMILES string of the molecule is C=CCO[C@@]12CCC[C@@H]3Oc4c(OCc5ccccc5)cc(C)c5c4[C@@]31CCN(C1CC1)[C@@H]2C5. The monoisotopic (exact) mass is 457 g/mol. The van der Waals surface area contributed by atoms with Crippen LogP contribution in [0.25, 0.3) is 0 Å². The lowest BCUT2D eigenvalue weighted by Gasteiger charge is -2.65. The molecule has 3 fully saturated rings. The Kier molecular flexibility index (Phi) is 4.70. The summed E-state index contributed by atoms with van der Waals surface area (Å²) in [6.07, 6.45) is 10.3. The fourth-order valence-electron chi connectivity index (χ4n) is 7.98. The third kappa shape index (κ3) is 2.73. The summed E-state index contributed by atoms with van der Waals surface area (Å²) in [4.78, 5) is 2.82. The van der Waals surface area contributed by atoms with Gasteiger partial charge in [0.25, 0.3) is 0 Å². The number of likely N-dealkylation sites (tertiary alicyclic amines) is 1. The Labute approximate surface area is 202 Å². The van der Waals surface area contributed by atoms with Crippen molar-refractivity contribution in [2.75, 3.05) is 13.2 Å². The minimum atomic E-state index is -0.201. The van der Waals surface area contributed by atoms with Gasteiger partial charge >= 0.3 is 0 Å². The molecule has 2 saturated carbocycles. The number of hydrogen-bond donors (Lipinski definition) is 0. The van der Waals surface area contributed by atoms with Crippen LogP contribution in [0.4, 0.5) is 0 Å². The molecule has 4 atom stereocenters. The summed E-state index contributed by atoms with van der Waals surface area (Å²) in [6.45, 7) is 8.60. The molecule has 2 heterocycles. The molecule has 0 amide bonds. The molecule has 7 rings (SSSR count). The summed E-state index contributed by atoms with van der Waals surface area (Å²) in [5, 5.41) is 0. The van der Waals surface area contributed by atoms with Gasteiger partial charge in [-0.3, -0.25) is 4.90 Å². The molecule has 0 N–H and O–H groups in total. The van der Waals surface area contributed by atoms with Gasteiger partial charge in [0.1, 0.15) is 12.7 Å². The van der Waals surface area contributed by atoms with Gasteiger partial charge in [-0.05, 0) is 81.2 Å². The Bertz CT molecular complexity index is 1130. The Morgan fingerprint density at radius 1 is 1.18 bits per heavy atom. The largest absolute Gasteiger partial charge is 0.485 e. The van der Waals surface area contributed by atoms with Crippen molar-refractivity contribution in [1.82, 2.24) is 4.90 Å². The highest BCUT2D eigenvalue weighted by molar-refractivity contribution is 5.65. The van der Waals surface area contributed by atoms with Gasteiger partial charge in [0.05, 0.1) is 17.6 Å². The lowest BCUT2D eigenvalue weighted by atomic mass is 9.48. The van der Waals surface area contributed by atoms with E-state index in [1.54, 1.807) is 0 Å². The quantitative estimate of drug-likeness (QED) is 0.515. The smallest absolute Gasteiger partial charge is 0.165 e. The molecule has 2 aromatic carbocycles. The second-order valence-corrected chi connectivity index (χ2v) is 11.0. The third-order valence-electron chi connectivity index (χ3n) is 9.41. The van der Waals surface area contributed by atoms with E-state index in [1.807, 2.05) is 12.1 Å². The first-order valence-electron chi connectivity index (χ1n) is 13.2. The summed E-state index contributed by atoms with van der Waals surface area (Å²) in [5.74, 6) is 1.91. The number of piperidine rings is 1. The molecule has 0 aromatic heterocycles. The predicted octanol–water partition coefficient (Wildman–Crippen LogP) is 5.49. The number of benzene rings is 2. The Hall–Kier alpha value is -2.30. The molecule has 5 aliphatic rings. The number of aryl methyl sites for hydroxylation is 1. The Morgan fingerprint density at radius 2 is 2.03 bits per heavy atom. The molecule has 2 bridgehead atoms. The number of ether oxygens (including phenoxy) is 3.